The lowest BCUT2D eigenvalue weighted by atomic mass is 9.88. The predicted molar refractivity (Wildman–Crippen MR) is 133 cm³/mol. The van der Waals surface area contributed by atoms with Gasteiger partial charge in [0.15, 0.2) is 20.1 Å². The minimum absolute atomic E-state index is 0.0103. The maximum atomic E-state index is 13.2. The van der Waals surface area contributed by atoms with Crippen molar-refractivity contribution in [3.05, 3.63) is 43.7 Å². The lowest BCUT2D eigenvalue weighted by Crippen LogP contribution is -2.60. The van der Waals surface area contributed by atoms with E-state index in [0.717, 1.165) is 29.5 Å². The summed E-state index contributed by atoms with van der Waals surface area (Å²) >= 11 is 0. The Morgan fingerprint density at radius 1 is 1.26 bits per heavy atom. The lowest BCUT2D eigenvalue weighted by Gasteiger charge is -2.44. The molecular formula is C22H36N4O7SSi. The molecule has 0 saturated carbocycles. The van der Waals surface area contributed by atoms with Crippen LogP contribution in [0.1, 0.15) is 39.0 Å². The number of nitrogens with zero attached hydrogens (tertiary/aromatic N) is 3. The third-order valence-electron chi connectivity index (χ3n) is 7.80. The molecule has 2 fully saturated rings. The second kappa shape index (κ2) is 8.38. The van der Waals surface area contributed by atoms with Crippen LogP contribution in [0.4, 0.5) is 0 Å². The van der Waals surface area contributed by atoms with Gasteiger partial charge in [-0.3, -0.25) is 13.9 Å². The molecule has 0 aliphatic carbocycles. The van der Waals surface area contributed by atoms with Crippen molar-refractivity contribution in [2.24, 2.45) is 12.8 Å². The second-order valence-electron chi connectivity index (χ2n) is 11.3. The summed E-state index contributed by atoms with van der Waals surface area (Å²) in [6, 6.07) is 0. The van der Waals surface area contributed by atoms with Gasteiger partial charge >= 0.3 is 5.69 Å². The average molecular weight is 529 g/mol. The van der Waals surface area contributed by atoms with Crippen LogP contribution in [-0.4, -0.2) is 68.2 Å². The zero-order valence-electron chi connectivity index (χ0n) is 21.4. The molecular weight excluding hydrogens is 492 g/mol. The molecule has 0 unspecified atom stereocenters. The molecule has 2 saturated heterocycles. The number of aryl methyl sites for hydroxylation is 1. The first-order chi connectivity index (χ1) is 16.0. The fourth-order valence-corrected chi connectivity index (χ4v) is 7.06. The highest BCUT2D eigenvalue weighted by Gasteiger charge is 2.67. The largest absolute Gasteiger partial charge is 0.406 e. The molecule has 0 radical (unpaired) electrons. The number of hydrogen-bond acceptors (Lipinski definition) is 9. The molecule has 3 aliphatic rings. The van der Waals surface area contributed by atoms with Crippen LogP contribution in [0.3, 0.4) is 0 Å². The monoisotopic (exact) mass is 528 g/mol. The highest BCUT2D eigenvalue weighted by molar-refractivity contribution is 7.90. The van der Waals surface area contributed by atoms with E-state index in [0.29, 0.717) is 12.1 Å². The zero-order chi connectivity index (χ0) is 26.1. The zero-order valence-corrected chi connectivity index (χ0v) is 23.2. The van der Waals surface area contributed by atoms with Gasteiger partial charge in [0.2, 0.25) is 0 Å². The maximum absolute atomic E-state index is 13.2. The number of ether oxygens (including phenoxy) is 1. The molecule has 11 nitrogen and oxygen atoms in total. The molecule has 4 heterocycles. The molecule has 3 aliphatic heterocycles. The van der Waals surface area contributed by atoms with Crippen LogP contribution in [0.25, 0.3) is 0 Å². The molecule has 0 aromatic carbocycles. The van der Waals surface area contributed by atoms with Gasteiger partial charge in [-0.05, 0) is 44.6 Å². The van der Waals surface area contributed by atoms with Crippen molar-refractivity contribution in [1.82, 2.24) is 14.0 Å². The fourth-order valence-electron chi connectivity index (χ4n) is 4.55. The normalized spacial score (nSPS) is 31.1. The van der Waals surface area contributed by atoms with Crippen LogP contribution in [0.2, 0.25) is 18.1 Å². The van der Waals surface area contributed by atoms with Gasteiger partial charge in [-0.25, -0.2) is 8.98 Å². The summed E-state index contributed by atoms with van der Waals surface area (Å²) in [7, 11) is -5.27. The quantitative estimate of drug-likeness (QED) is 0.434. The van der Waals surface area contributed by atoms with Gasteiger partial charge in [0.05, 0.1) is 11.1 Å². The van der Waals surface area contributed by atoms with Crippen LogP contribution < -0.4 is 17.0 Å². The Labute approximate surface area is 206 Å². The smallest absolute Gasteiger partial charge is 0.332 e. The number of aromatic nitrogens is 2. The standard InChI is InChI=1S/C22H36N4O7SSi/c1-14-11-26(20(28)24(5)18(14)27)19-17(32-35(6,7)21(2,3)4)22(15(23)13-34(29,30)33-22)16(31-19)12-25-9-8-10-25/h11,13,16-17,19H,8-10,12,23H2,1-7H3/t16-,17+,19-,22-/m1/s1. The van der Waals surface area contributed by atoms with Crippen LogP contribution in [0.5, 0.6) is 0 Å². The Kier molecular flexibility index (Phi) is 6.30. The Bertz CT molecular complexity index is 1280. The summed E-state index contributed by atoms with van der Waals surface area (Å²) in [6.07, 6.45) is -0.468. The van der Waals surface area contributed by atoms with Gasteiger partial charge in [0, 0.05) is 25.4 Å². The molecule has 0 amide bonds. The molecule has 13 heteroatoms. The number of rotatable bonds is 5. The molecule has 1 spiro atoms. The fraction of sp³-hybridized carbons (Fsp3) is 0.727. The van der Waals surface area contributed by atoms with Crippen molar-refractivity contribution in [2.45, 2.75) is 76.3 Å². The topological polar surface area (TPSA) is 135 Å². The Hall–Kier alpha value is -1.77. The van der Waals surface area contributed by atoms with Crippen molar-refractivity contribution < 1.29 is 21.8 Å². The third kappa shape index (κ3) is 4.25. The molecule has 35 heavy (non-hydrogen) atoms. The molecule has 196 valence electrons. The van der Waals surface area contributed by atoms with Crippen molar-refractivity contribution in [3.63, 3.8) is 0 Å². The summed E-state index contributed by atoms with van der Waals surface area (Å²) in [5.74, 6) is 0. The molecule has 1 aromatic rings. The molecule has 4 atom stereocenters. The van der Waals surface area contributed by atoms with Gasteiger partial charge < -0.3 is 19.8 Å². The Morgan fingerprint density at radius 3 is 2.37 bits per heavy atom. The van der Waals surface area contributed by atoms with Crippen LogP contribution in [-0.2, 0) is 30.5 Å². The highest BCUT2D eigenvalue weighted by atomic mass is 32.2. The van der Waals surface area contributed by atoms with E-state index in [1.807, 2.05) is 13.1 Å². The van der Waals surface area contributed by atoms with E-state index in [9.17, 15) is 18.0 Å². The number of likely N-dealkylation sites (tertiary alicyclic amines) is 1. The SMILES string of the molecule is Cc1cn([C@@H]2O[C@H](CN3CCC3)[C@@]3(OS(=O)(=O)C=C3N)[C@H]2O[Si](C)(C)C(C)(C)C)c(=O)n(C)c1=O. The van der Waals surface area contributed by atoms with Gasteiger partial charge in [-0.15, -0.1) is 0 Å². The number of nitrogens with two attached hydrogens (primary N) is 1. The van der Waals surface area contributed by atoms with Crippen LogP contribution >= 0.6 is 0 Å². The van der Waals surface area contributed by atoms with Crippen molar-refractivity contribution in [3.8, 4) is 0 Å². The minimum atomic E-state index is -4.10. The van der Waals surface area contributed by atoms with Gasteiger partial charge in [0.25, 0.3) is 15.7 Å². The van der Waals surface area contributed by atoms with Crippen molar-refractivity contribution in [2.75, 3.05) is 19.6 Å². The van der Waals surface area contributed by atoms with E-state index in [-0.39, 0.29) is 10.7 Å². The van der Waals surface area contributed by atoms with Crippen molar-refractivity contribution in [1.29, 1.82) is 0 Å². The van der Waals surface area contributed by atoms with E-state index < -0.39 is 53.7 Å². The first-order valence-electron chi connectivity index (χ1n) is 11.8. The molecule has 2 N–H and O–H groups in total. The summed E-state index contributed by atoms with van der Waals surface area (Å²) in [5.41, 5.74) is 4.08. The van der Waals surface area contributed by atoms with Crippen LogP contribution in [0.15, 0.2) is 26.9 Å². The second-order valence-corrected chi connectivity index (χ2v) is 17.4. The molecule has 0 bridgehead atoms. The molecule has 1 aromatic heterocycles. The van der Waals surface area contributed by atoms with E-state index in [2.05, 4.69) is 25.7 Å². The van der Waals surface area contributed by atoms with Gasteiger partial charge in [-0.1, -0.05) is 20.8 Å². The summed E-state index contributed by atoms with van der Waals surface area (Å²) in [5, 5.41) is 0.674. The van der Waals surface area contributed by atoms with Gasteiger partial charge in [-0.2, -0.15) is 8.42 Å². The van der Waals surface area contributed by atoms with Crippen LogP contribution in [0, 0.1) is 6.92 Å². The predicted octanol–water partition coefficient (Wildman–Crippen LogP) is 0.748. The number of hydrogen-bond donors (Lipinski definition) is 1. The summed E-state index contributed by atoms with van der Waals surface area (Å²) in [4.78, 5) is 27.7. The Balaban J connectivity index is 1.93. The highest BCUT2D eigenvalue weighted by Crippen LogP contribution is 2.51. The van der Waals surface area contributed by atoms with E-state index in [4.69, 9.17) is 19.1 Å². The minimum Gasteiger partial charge on any atom is -0.406 e. The Morgan fingerprint density at radius 2 is 1.89 bits per heavy atom. The van der Waals surface area contributed by atoms with Gasteiger partial charge in [0.1, 0.15) is 12.2 Å². The maximum Gasteiger partial charge on any atom is 0.332 e. The van der Waals surface area contributed by atoms with E-state index >= 15 is 0 Å². The van der Waals surface area contributed by atoms with E-state index in [1.54, 1.807) is 6.92 Å². The average Bonchev–Trinajstić information content (AvgIpc) is 3.11. The van der Waals surface area contributed by atoms with Crippen molar-refractivity contribution >= 4 is 18.4 Å². The first kappa shape index (κ1) is 26.3. The summed E-state index contributed by atoms with van der Waals surface area (Å²) in [6.45, 7) is 13.9. The third-order valence-corrected chi connectivity index (χ3v) is 13.3. The van der Waals surface area contributed by atoms with E-state index in [1.165, 1.54) is 17.8 Å². The first-order valence-corrected chi connectivity index (χ1v) is 16.2. The lowest BCUT2D eigenvalue weighted by molar-refractivity contribution is -0.0570. The molecule has 4 rings (SSSR count). The summed E-state index contributed by atoms with van der Waals surface area (Å²) < 4.78 is 46.7.